The Morgan fingerprint density at radius 1 is 1.07 bits per heavy atom. The highest BCUT2D eigenvalue weighted by atomic mass is 16.5. The number of rotatable bonds is 12. The number of hydrogen-bond donors (Lipinski definition) is 2. The van der Waals surface area contributed by atoms with Gasteiger partial charge < -0.3 is 29.7 Å². The fourth-order valence-electron chi connectivity index (χ4n) is 3.00. The quantitative estimate of drug-likeness (QED) is 0.518. The smallest absolute Gasteiger partial charge is 0.319 e. The third-order valence-electron chi connectivity index (χ3n) is 4.59. The number of methoxy groups -OCH3 is 1. The van der Waals surface area contributed by atoms with Gasteiger partial charge in [0.15, 0.2) is 0 Å². The normalized spacial score (nSPS) is 11.9. The molecule has 2 amide bonds. The van der Waals surface area contributed by atoms with E-state index in [2.05, 4.69) is 15.5 Å². The van der Waals surface area contributed by atoms with Gasteiger partial charge in [-0.1, -0.05) is 24.3 Å². The van der Waals surface area contributed by atoms with Crippen LogP contribution in [0.5, 0.6) is 5.75 Å². The van der Waals surface area contributed by atoms with Crippen molar-refractivity contribution in [1.82, 2.24) is 10.2 Å². The Morgan fingerprint density at radius 2 is 1.83 bits per heavy atom. The summed E-state index contributed by atoms with van der Waals surface area (Å²) < 4.78 is 16.2. The third kappa shape index (κ3) is 8.02. The summed E-state index contributed by atoms with van der Waals surface area (Å²) in [5.74, 6) is 0.795. The molecule has 0 aromatic heterocycles. The number of amides is 2. The number of nitrogens with one attached hydrogen (secondary N) is 2. The Bertz CT molecular complexity index is 783. The van der Waals surface area contributed by atoms with Gasteiger partial charge in [-0.15, -0.1) is 0 Å². The summed E-state index contributed by atoms with van der Waals surface area (Å²) in [6.07, 6.45) is 0. The van der Waals surface area contributed by atoms with E-state index in [0.29, 0.717) is 33.0 Å². The molecule has 2 aromatic carbocycles. The molecule has 0 fully saturated rings. The Balaban J connectivity index is 1.87. The van der Waals surface area contributed by atoms with Crippen LogP contribution < -0.4 is 15.4 Å². The molecule has 0 saturated heterocycles. The molecule has 0 spiro atoms. The molecule has 0 aliphatic heterocycles. The van der Waals surface area contributed by atoms with E-state index in [1.54, 1.807) is 7.11 Å². The number of urea groups is 1. The number of hydrogen-bond acceptors (Lipinski definition) is 5. The van der Waals surface area contributed by atoms with Crippen LogP contribution in [0.1, 0.15) is 24.1 Å². The summed E-state index contributed by atoms with van der Waals surface area (Å²) in [6, 6.07) is 15.3. The van der Waals surface area contributed by atoms with Crippen molar-refractivity contribution in [2.75, 3.05) is 52.9 Å². The topological polar surface area (TPSA) is 72.1 Å². The highest BCUT2D eigenvalue weighted by Crippen LogP contribution is 2.22. The van der Waals surface area contributed by atoms with Gasteiger partial charge in [-0.25, -0.2) is 4.79 Å². The largest absolute Gasteiger partial charge is 0.497 e. The first-order valence-corrected chi connectivity index (χ1v) is 10.1. The summed E-state index contributed by atoms with van der Waals surface area (Å²) in [4.78, 5) is 14.5. The van der Waals surface area contributed by atoms with Crippen LogP contribution >= 0.6 is 0 Å². The molecule has 0 aliphatic rings. The number of ether oxygens (including phenoxy) is 3. The molecule has 0 heterocycles. The number of carbonyl (C=O) groups is 1. The van der Waals surface area contributed by atoms with Crippen molar-refractivity contribution in [3.8, 4) is 5.75 Å². The molecule has 0 bridgehead atoms. The van der Waals surface area contributed by atoms with Crippen LogP contribution in [-0.2, 0) is 16.1 Å². The predicted octanol–water partition coefficient (Wildman–Crippen LogP) is 3.67. The first-order valence-electron chi connectivity index (χ1n) is 10.1. The van der Waals surface area contributed by atoms with Gasteiger partial charge in [-0.2, -0.15) is 0 Å². The van der Waals surface area contributed by atoms with Crippen molar-refractivity contribution >= 4 is 11.7 Å². The van der Waals surface area contributed by atoms with Gasteiger partial charge in [0.2, 0.25) is 0 Å². The highest BCUT2D eigenvalue weighted by molar-refractivity contribution is 5.89. The zero-order chi connectivity index (χ0) is 21.8. The molecule has 30 heavy (non-hydrogen) atoms. The van der Waals surface area contributed by atoms with Gasteiger partial charge in [0, 0.05) is 18.8 Å². The lowest BCUT2D eigenvalue weighted by Crippen LogP contribution is -2.36. The fraction of sp³-hybridized carbons (Fsp3) is 0.435. The second-order valence-electron chi connectivity index (χ2n) is 7.04. The average molecular weight is 416 g/mol. The third-order valence-corrected chi connectivity index (χ3v) is 4.59. The van der Waals surface area contributed by atoms with Gasteiger partial charge in [0.1, 0.15) is 5.75 Å². The lowest BCUT2D eigenvalue weighted by atomic mass is 10.1. The van der Waals surface area contributed by atoms with E-state index in [1.165, 1.54) is 0 Å². The van der Waals surface area contributed by atoms with Crippen molar-refractivity contribution < 1.29 is 19.0 Å². The van der Waals surface area contributed by atoms with Gasteiger partial charge >= 0.3 is 6.03 Å². The number of carbonyl (C=O) groups excluding carboxylic acids is 1. The average Bonchev–Trinajstić information content (AvgIpc) is 2.74. The summed E-state index contributed by atoms with van der Waals surface area (Å²) in [7, 11) is 5.62. The molecule has 7 nitrogen and oxygen atoms in total. The molecule has 7 heteroatoms. The van der Waals surface area contributed by atoms with Crippen LogP contribution in [0.4, 0.5) is 10.5 Å². The Morgan fingerprint density at radius 3 is 2.57 bits per heavy atom. The standard InChI is InChI=1S/C23H33N3O4/c1-5-29-12-13-30-17-18-8-6-10-20(14-18)25-23(27)24-16-22(26(2)3)19-9-7-11-21(15-19)28-4/h6-11,14-15,22H,5,12-13,16-17H2,1-4H3,(H2,24,25,27). The van der Waals surface area contributed by atoms with E-state index in [1.807, 2.05) is 69.6 Å². The van der Waals surface area contributed by atoms with Crippen molar-refractivity contribution in [3.63, 3.8) is 0 Å². The van der Waals surface area contributed by atoms with E-state index in [0.717, 1.165) is 22.6 Å². The molecule has 1 unspecified atom stereocenters. The molecule has 0 radical (unpaired) electrons. The number of anilines is 1. The second kappa shape index (κ2) is 12.8. The first-order chi connectivity index (χ1) is 14.5. The highest BCUT2D eigenvalue weighted by Gasteiger charge is 2.16. The monoisotopic (exact) mass is 415 g/mol. The van der Waals surface area contributed by atoms with Crippen molar-refractivity contribution in [3.05, 3.63) is 59.7 Å². The minimum absolute atomic E-state index is 0.0240. The molecule has 2 N–H and O–H groups in total. The number of nitrogens with zero attached hydrogens (tertiary/aromatic N) is 1. The molecule has 0 saturated carbocycles. The predicted molar refractivity (Wildman–Crippen MR) is 119 cm³/mol. The number of benzene rings is 2. The van der Waals surface area contributed by atoms with Crippen LogP contribution in [0.15, 0.2) is 48.5 Å². The maximum atomic E-state index is 12.4. The molecule has 0 aliphatic carbocycles. The Labute approximate surface area is 179 Å². The fourth-order valence-corrected chi connectivity index (χ4v) is 3.00. The second-order valence-corrected chi connectivity index (χ2v) is 7.04. The molecule has 2 aromatic rings. The zero-order valence-electron chi connectivity index (χ0n) is 18.3. The Kier molecular flexibility index (Phi) is 10.1. The Hall–Kier alpha value is -2.61. The number of likely N-dealkylation sites (N-methyl/N-ethyl adjacent to an activating group) is 1. The summed E-state index contributed by atoms with van der Waals surface area (Å²) >= 11 is 0. The SMILES string of the molecule is CCOCCOCc1cccc(NC(=O)NCC(c2cccc(OC)c2)N(C)C)c1. The molecule has 164 valence electrons. The van der Waals surface area contributed by atoms with Gasteiger partial charge in [0.25, 0.3) is 0 Å². The van der Waals surface area contributed by atoms with Crippen LogP contribution in [0.25, 0.3) is 0 Å². The lowest BCUT2D eigenvalue weighted by Gasteiger charge is -2.25. The van der Waals surface area contributed by atoms with E-state index in [9.17, 15) is 4.79 Å². The van der Waals surface area contributed by atoms with Crippen LogP contribution in [-0.4, -0.2) is 58.5 Å². The van der Waals surface area contributed by atoms with Gasteiger partial charge in [0.05, 0.1) is 33.0 Å². The minimum Gasteiger partial charge on any atom is -0.497 e. The van der Waals surface area contributed by atoms with Crippen molar-refractivity contribution in [1.29, 1.82) is 0 Å². The van der Waals surface area contributed by atoms with Crippen molar-refractivity contribution in [2.45, 2.75) is 19.6 Å². The van der Waals surface area contributed by atoms with Crippen LogP contribution in [0.3, 0.4) is 0 Å². The lowest BCUT2D eigenvalue weighted by molar-refractivity contribution is 0.0453. The molecule has 1 atom stereocenters. The van der Waals surface area contributed by atoms with E-state index in [-0.39, 0.29) is 12.1 Å². The van der Waals surface area contributed by atoms with E-state index < -0.39 is 0 Å². The minimum atomic E-state index is -0.251. The summed E-state index contributed by atoms with van der Waals surface area (Å²) in [5, 5.41) is 5.84. The van der Waals surface area contributed by atoms with E-state index >= 15 is 0 Å². The molecule has 2 rings (SSSR count). The molecular weight excluding hydrogens is 382 g/mol. The first kappa shape index (κ1) is 23.7. The van der Waals surface area contributed by atoms with Gasteiger partial charge in [-0.3, -0.25) is 0 Å². The van der Waals surface area contributed by atoms with E-state index in [4.69, 9.17) is 14.2 Å². The summed E-state index contributed by atoms with van der Waals surface area (Å²) in [5.41, 5.74) is 2.79. The van der Waals surface area contributed by atoms with Crippen LogP contribution in [0, 0.1) is 0 Å². The summed E-state index contributed by atoms with van der Waals surface area (Å²) in [6.45, 7) is 4.70. The maximum absolute atomic E-state index is 12.4. The van der Waals surface area contributed by atoms with Gasteiger partial charge in [-0.05, 0) is 56.4 Å². The van der Waals surface area contributed by atoms with Crippen LogP contribution in [0.2, 0.25) is 0 Å². The zero-order valence-corrected chi connectivity index (χ0v) is 18.3. The van der Waals surface area contributed by atoms with Crippen molar-refractivity contribution in [2.24, 2.45) is 0 Å². The molecular formula is C23H33N3O4. The maximum Gasteiger partial charge on any atom is 0.319 e.